The molecule has 2 aliphatic rings. The predicted octanol–water partition coefficient (Wildman–Crippen LogP) is 6.69. The monoisotopic (exact) mass is 820 g/mol. The Morgan fingerprint density at radius 2 is 1.68 bits per heavy atom. The molecule has 13 heteroatoms. The second kappa shape index (κ2) is 23.3. The number of aliphatic hydroxyl groups excluding tert-OH is 2. The first kappa shape index (κ1) is 47.1. The maximum Gasteiger partial charge on any atom is 0.339 e. The highest BCUT2D eigenvalue weighted by molar-refractivity contribution is 5.96. The van der Waals surface area contributed by atoms with Gasteiger partial charge in [0.15, 0.2) is 5.79 Å². The van der Waals surface area contributed by atoms with E-state index in [0.29, 0.717) is 40.7 Å². The van der Waals surface area contributed by atoms with Crippen molar-refractivity contribution in [1.29, 1.82) is 0 Å². The number of hydrogen-bond donors (Lipinski definition) is 4. The molecule has 0 unspecified atom stereocenters. The Bertz CT molecular complexity index is 1740. The lowest BCUT2D eigenvalue weighted by Crippen LogP contribution is -2.43. The zero-order chi connectivity index (χ0) is 42.8. The van der Waals surface area contributed by atoms with Gasteiger partial charge in [0.25, 0.3) is 5.91 Å². The zero-order valence-corrected chi connectivity index (χ0v) is 35.3. The second-order valence-corrected chi connectivity index (χ2v) is 16.2. The van der Waals surface area contributed by atoms with Crippen molar-refractivity contribution in [3.8, 4) is 0 Å². The molecule has 2 aromatic carbocycles. The van der Waals surface area contributed by atoms with E-state index in [-0.39, 0.29) is 51.5 Å². The summed E-state index contributed by atoms with van der Waals surface area (Å²) in [6.07, 6.45) is 10.4. The predicted molar refractivity (Wildman–Crippen MR) is 223 cm³/mol. The third kappa shape index (κ3) is 14.9. The van der Waals surface area contributed by atoms with Crippen LogP contribution in [0.2, 0.25) is 0 Å². The first-order valence-corrected chi connectivity index (χ1v) is 21.1. The van der Waals surface area contributed by atoms with Crippen molar-refractivity contribution in [3.05, 3.63) is 88.7 Å². The smallest absolute Gasteiger partial charge is 0.339 e. The third-order valence-electron chi connectivity index (χ3n) is 10.1. The largest absolute Gasteiger partial charge is 0.499 e. The number of hydrogen-bond acceptors (Lipinski definition) is 11. The number of ether oxygens (including phenoxy) is 5. The summed E-state index contributed by atoms with van der Waals surface area (Å²) in [5, 5.41) is 24.7. The molecule has 4 N–H and O–H groups in total. The van der Waals surface area contributed by atoms with Crippen molar-refractivity contribution in [2.24, 2.45) is 0 Å². The summed E-state index contributed by atoms with van der Waals surface area (Å²) < 4.78 is 30.3. The summed E-state index contributed by atoms with van der Waals surface area (Å²) in [7, 11) is 0. The van der Waals surface area contributed by atoms with Crippen LogP contribution in [0.15, 0.2) is 66.4 Å². The Morgan fingerprint density at radius 3 is 2.36 bits per heavy atom. The van der Waals surface area contributed by atoms with Crippen LogP contribution in [0, 0.1) is 0 Å². The molecule has 59 heavy (non-hydrogen) atoms. The molecule has 4 rings (SSSR count). The van der Waals surface area contributed by atoms with Crippen molar-refractivity contribution in [2.45, 2.75) is 148 Å². The number of fused-ring (bicyclic) bond motifs is 1. The van der Waals surface area contributed by atoms with Crippen LogP contribution in [0.25, 0.3) is 6.08 Å². The summed E-state index contributed by atoms with van der Waals surface area (Å²) in [6.45, 7) is 9.33. The summed E-state index contributed by atoms with van der Waals surface area (Å²) in [5.74, 6) is -2.67. The summed E-state index contributed by atoms with van der Waals surface area (Å²) >= 11 is 0. The van der Waals surface area contributed by atoms with E-state index >= 15 is 0 Å². The van der Waals surface area contributed by atoms with Crippen molar-refractivity contribution in [3.63, 3.8) is 0 Å². The average molecular weight is 821 g/mol. The van der Waals surface area contributed by atoms with E-state index in [1.165, 1.54) is 6.26 Å². The number of aliphatic hydroxyl groups is 2. The highest BCUT2D eigenvalue weighted by Crippen LogP contribution is 2.43. The normalized spacial score (nSPS) is 19.0. The van der Waals surface area contributed by atoms with Crippen molar-refractivity contribution in [1.82, 2.24) is 10.6 Å². The van der Waals surface area contributed by atoms with Gasteiger partial charge in [-0.15, -0.1) is 0 Å². The zero-order valence-electron chi connectivity index (χ0n) is 35.3. The number of amides is 2. The van der Waals surface area contributed by atoms with E-state index in [9.17, 15) is 24.3 Å². The van der Waals surface area contributed by atoms with E-state index in [0.717, 1.165) is 38.5 Å². The average Bonchev–Trinajstić information content (AvgIpc) is 3.58. The van der Waals surface area contributed by atoms with Crippen LogP contribution in [-0.4, -0.2) is 89.5 Å². The molecule has 1 saturated heterocycles. The van der Waals surface area contributed by atoms with Crippen LogP contribution in [0.1, 0.15) is 137 Å². The van der Waals surface area contributed by atoms with Crippen LogP contribution < -0.4 is 10.6 Å². The Hall–Kier alpha value is -4.56. The van der Waals surface area contributed by atoms with Gasteiger partial charge in [0.05, 0.1) is 31.1 Å². The second-order valence-electron chi connectivity index (χ2n) is 16.2. The Balaban J connectivity index is 1.50. The molecular weight excluding hydrogens is 757 g/mol. The minimum absolute atomic E-state index is 0.0361. The highest BCUT2D eigenvalue weighted by Gasteiger charge is 2.52. The Labute approximate surface area is 348 Å². The molecule has 2 aromatic rings. The van der Waals surface area contributed by atoms with Gasteiger partial charge in [0.2, 0.25) is 5.91 Å². The maximum atomic E-state index is 13.9. The van der Waals surface area contributed by atoms with Gasteiger partial charge in [-0.2, -0.15) is 0 Å². The van der Waals surface area contributed by atoms with E-state index < -0.39 is 53.6 Å². The van der Waals surface area contributed by atoms with Gasteiger partial charge in [0.1, 0.15) is 30.5 Å². The van der Waals surface area contributed by atoms with Crippen LogP contribution in [0.3, 0.4) is 0 Å². The molecule has 324 valence electrons. The van der Waals surface area contributed by atoms with Crippen LogP contribution in [0.5, 0.6) is 0 Å². The number of carbonyl (C=O) groups excluding carboxylic acids is 4. The molecule has 1 aliphatic carbocycles. The van der Waals surface area contributed by atoms with Crippen LogP contribution in [-0.2, 0) is 39.8 Å². The molecule has 0 aromatic heterocycles. The molecule has 1 aliphatic heterocycles. The number of carbonyl (C=O) groups is 4. The topological polar surface area (TPSA) is 179 Å². The Morgan fingerprint density at radius 1 is 0.949 bits per heavy atom. The summed E-state index contributed by atoms with van der Waals surface area (Å²) in [5.41, 5.74) is 1.62. The van der Waals surface area contributed by atoms with Gasteiger partial charge in [-0.05, 0) is 81.5 Å². The van der Waals surface area contributed by atoms with E-state index in [4.69, 9.17) is 28.8 Å². The quantitative estimate of drug-likeness (QED) is 0.0533. The number of unbranched alkanes of at least 4 members (excludes halogenated alkanes) is 4. The lowest BCUT2D eigenvalue weighted by Gasteiger charge is -2.31. The molecule has 0 bridgehead atoms. The first-order chi connectivity index (χ1) is 28.3. The fraction of sp³-hybridized carbons (Fsp3) is 0.565. The minimum Gasteiger partial charge on any atom is -0.499 e. The van der Waals surface area contributed by atoms with Gasteiger partial charge < -0.3 is 44.5 Å². The van der Waals surface area contributed by atoms with E-state index in [2.05, 4.69) is 24.5 Å². The third-order valence-corrected chi connectivity index (χ3v) is 10.1. The number of rotatable bonds is 23. The van der Waals surface area contributed by atoms with Crippen molar-refractivity contribution in [2.75, 3.05) is 19.8 Å². The fourth-order valence-electron chi connectivity index (χ4n) is 7.15. The van der Waals surface area contributed by atoms with Gasteiger partial charge in [-0.25, -0.2) is 4.79 Å². The lowest BCUT2D eigenvalue weighted by atomic mass is 9.91. The van der Waals surface area contributed by atoms with E-state index in [1.54, 1.807) is 81.5 Å². The molecule has 0 saturated carbocycles. The molecule has 1 heterocycles. The number of benzene rings is 2. The molecule has 4 atom stereocenters. The van der Waals surface area contributed by atoms with E-state index in [1.807, 2.05) is 0 Å². The van der Waals surface area contributed by atoms with Crippen LogP contribution in [0.4, 0.5) is 0 Å². The van der Waals surface area contributed by atoms with Crippen LogP contribution >= 0.6 is 0 Å². The fourth-order valence-corrected chi connectivity index (χ4v) is 7.15. The highest BCUT2D eigenvalue weighted by atomic mass is 16.8. The standard InChI is InChI=1S/C46H64N2O11/c1-6-8-12-22-46(23-13-9-7-2)57-39-29-35(28-38(41(39)59-46)56-44(54)37-18-11-10-16-33(37)21-25-55-26-24-49)42(52)47-30-32-15-14-17-34(27-32)43(53)48-36(31-50)19-20-40(51)58-45(3,4)5/h10-11,14-18,21,25,27,29,36,38-39,41,49-50H,6-9,12-13,19-20,22-24,26,28,30-31H2,1-5H3,(H,47,52)(H,48,53)/t36-,38+,39+,41-/m0/s1. The van der Waals surface area contributed by atoms with Crippen molar-refractivity contribution < 1.29 is 53.1 Å². The summed E-state index contributed by atoms with van der Waals surface area (Å²) in [6, 6.07) is 13.1. The molecule has 1 fully saturated rings. The van der Waals surface area contributed by atoms with Gasteiger partial charge in [-0.3, -0.25) is 14.4 Å². The Kier molecular flexibility index (Phi) is 18.6. The molecule has 13 nitrogen and oxygen atoms in total. The van der Waals surface area contributed by atoms with Gasteiger partial charge in [0, 0.05) is 43.4 Å². The first-order valence-electron chi connectivity index (χ1n) is 21.1. The molecule has 0 radical (unpaired) electrons. The SMILES string of the molecule is CCCCCC1(CCCCC)O[C@@H]2[C@@H](C=C(C(=O)NCc3cccc(C(=O)N[C@H](CO)CCC(=O)OC(C)(C)C)c3)C[C@H]2OC(=O)c2ccccc2C=COCCO)O1. The molecular formula is C46H64N2O11. The van der Waals surface area contributed by atoms with Gasteiger partial charge >= 0.3 is 11.9 Å². The minimum atomic E-state index is -0.872. The molecule has 0 spiro atoms. The lowest BCUT2D eigenvalue weighted by molar-refractivity contribution is -0.190. The van der Waals surface area contributed by atoms with Gasteiger partial charge in [-0.1, -0.05) is 69.9 Å². The number of esters is 2. The number of nitrogens with one attached hydrogen (secondary N) is 2. The van der Waals surface area contributed by atoms with Crippen molar-refractivity contribution >= 4 is 29.8 Å². The maximum absolute atomic E-state index is 13.9. The summed E-state index contributed by atoms with van der Waals surface area (Å²) in [4.78, 5) is 53.1. The molecule has 2 amide bonds.